The molecule has 12 rings (SSSR count). The predicted octanol–water partition coefficient (Wildman–Crippen LogP) is 17.2. The molecule has 80 heavy (non-hydrogen) atoms. The highest BCUT2D eigenvalue weighted by Gasteiger charge is 2.67. The summed E-state index contributed by atoms with van der Waals surface area (Å²) in [5, 5.41) is 10.7. The molecule has 4 heteroatoms. The van der Waals surface area contributed by atoms with E-state index in [4.69, 9.17) is 0 Å². The van der Waals surface area contributed by atoms with Crippen LogP contribution in [0.3, 0.4) is 0 Å². The second-order valence-electron chi connectivity index (χ2n) is 24.7. The Kier molecular flexibility index (Phi) is 13.5. The zero-order valence-electron chi connectivity index (χ0n) is 48.2. The lowest BCUT2D eigenvalue weighted by molar-refractivity contribution is 0.232. The summed E-state index contributed by atoms with van der Waals surface area (Å²) in [5.74, 6) is 40.3. The van der Waals surface area contributed by atoms with Crippen LogP contribution < -0.4 is 0 Å². The molecule has 0 radical (unpaired) electrons. The zero-order chi connectivity index (χ0) is 55.4. The van der Waals surface area contributed by atoms with Crippen molar-refractivity contribution in [3.63, 3.8) is 0 Å². The Balaban J connectivity index is 0.804. The van der Waals surface area contributed by atoms with E-state index in [2.05, 4.69) is 258 Å². The second-order valence-corrected chi connectivity index (χ2v) is 30.3. The third-order valence-electron chi connectivity index (χ3n) is 20.4. The molecule has 3 saturated carbocycles. The van der Waals surface area contributed by atoms with Crippen LogP contribution in [0.5, 0.6) is 0 Å². The SMILES string of the molecule is CCN(CC)N=Nc1ccc(C#CC2=C(C#Cc3ccc(C#CC4=C(C#Cc5ccc(C#CC6=C(C#C[Si](C(C)C)(C(C)C)C(C)C)[C@]78C=CC=C[C@]67CCC8)cc5)[C@]56C=CC=C[C@]45CCC6)cc3)[C@]34C=CC=C[C@]23CCC4)cc1. The molecule has 396 valence electrons. The Labute approximate surface area is 479 Å². The van der Waals surface area contributed by atoms with Gasteiger partial charge in [0.15, 0.2) is 0 Å². The zero-order valence-corrected chi connectivity index (χ0v) is 49.2. The van der Waals surface area contributed by atoms with Crippen molar-refractivity contribution < 1.29 is 0 Å². The van der Waals surface area contributed by atoms with E-state index in [9.17, 15) is 0 Å². The third-order valence-corrected chi connectivity index (χ3v) is 26.7. The first-order valence-electron chi connectivity index (χ1n) is 29.8. The average Bonchev–Trinajstić information content (AvgIpc) is 1.73. The molecule has 0 bridgehead atoms. The first kappa shape index (κ1) is 53.0. The summed E-state index contributed by atoms with van der Waals surface area (Å²) in [4.78, 5) is 0. The fraction of sp³-hybridized carbons (Fsp3) is 0.368. The predicted molar refractivity (Wildman–Crippen MR) is 332 cm³/mol. The lowest BCUT2D eigenvalue weighted by atomic mass is 9.47. The number of rotatable bonds is 7. The Hall–Kier alpha value is -7.70. The number of benzene rings is 3. The first-order chi connectivity index (χ1) is 38.8. The highest BCUT2D eigenvalue weighted by molar-refractivity contribution is 6.90. The molecular formula is C76H73N3Si. The molecule has 9 aliphatic rings. The summed E-state index contributed by atoms with van der Waals surface area (Å²) in [6.07, 6.45) is 38.0. The Bertz CT molecular complexity index is 3780. The van der Waals surface area contributed by atoms with E-state index in [1.807, 2.05) is 29.3 Å². The molecule has 0 heterocycles. The maximum atomic E-state index is 4.42. The summed E-state index contributed by atoms with van der Waals surface area (Å²) in [6, 6.07) is 25.1. The molecule has 6 atom stereocenters. The second kappa shape index (κ2) is 20.4. The van der Waals surface area contributed by atoms with Crippen molar-refractivity contribution in [2.24, 2.45) is 42.8 Å². The van der Waals surface area contributed by atoms with Crippen LogP contribution in [-0.4, -0.2) is 26.2 Å². The topological polar surface area (TPSA) is 28.0 Å². The molecular weight excluding hydrogens is 983 g/mol. The van der Waals surface area contributed by atoms with Crippen LogP contribution in [0.4, 0.5) is 5.69 Å². The quantitative estimate of drug-likeness (QED) is 0.100. The number of hydrogen-bond donors (Lipinski definition) is 0. The van der Waals surface area contributed by atoms with Gasteiger partial charge in [-0.3, -0.25) is 5.01 Å². The van der Waals surface area contributed by atoms with Crippen LogP contribution >= 0.6 is 0 Å². The standard InChI is InChI=1S/C76H73N3Si/c1-9-79(10-2)78-77-64-35-28-63(29-36-64)34-40-68-67(73-45-13-14-46-74(68,73)52-18-51-73)39-32-60-22-20-59(21-23-60)30-37-65-66(72-44-12-11-43-71(65,72)49-17-50-72)38-31-61-24-26-62(27-25-61)33-41-69-70(42-55-80(56(3)4,57(5)6)58(7)8)76-48-16-15-47-75(69,76)53-19-54-76/h11-16,20-29,35-36,43-48,56-58H,9-10,17-19,49-54H2,1-8H3/t71-,72+,73+,74-,75-,76+/m0/s1. The van der Waals surface area contributed by atoms with Crippen LogP contribution in [0.15, 0.2) is 189 Å². The van der Waals surface area contributed by atoms with Gasteiger partial charge in [-0.25, -0.2) is 0 Å². The molecule has 0 unspecified atom stereocenters. The van der Waals surface area contributed by atoms with Gasteiger partial charge < -0.3 is 0 Å². The molecule has 0 saturated heterocycles. The van der Waals surface area contributed by atoms with Gasteiger partial charge in [-0.15, -0.1) is 10.7 Å². The molecule has 0 amide bonds. The van der Waals surface area contributed by atoms with Crippen molar-refractivity contribution in [1.82, 2.24) is 5.01 Å². The van der Waals surface area contributed by atoms with Gasteiger partial charge in [-0.05, 0) is 142 Å². The summed E-state index contributed by atoms with van der Waals surface area (Å²) in [5.41, 5.74) is 18.3. The van der Waals surface area contributed by atoms with E-state index >= 15 is 0 Å². The van der Waals surface area contributed by atoms with E-state index in [1.54, 1.807) is 0 Å². The van der Waals surface area contributed by atoms with Gasteiger partial charge in [-0.1, -0.05) is 204 Å². The van der Waals surface area contributed by atoms with Gasteiger partial charge in [0.1, 0.15) is 8.07 Å². The van der Waals surface area contributed by atoms with Crippen molar-refractivity contribution >= 4 is 13.8 Å². The summed E-state index contributed by atoms with van der Waals surface area (Å²) in [6.45, 7) is 20.3. The first-order valence-corrected chi connectivity index (χ1v) is 32.0. The molecule has 3 aromatic rings. The Morgan fingerprint density at radius 2 is 0.625 bits per heavy atom. The van der Waals surface area contributed by atoms with Crippen molar-refractivity contribution in [2.75, 3.05) is 13.1 Å². The highest BCUT2D eigenvalue weighted by atomic mass is 28.3. The fourth-order valence-corrected chi connectivity index (χ4v) is 21.6. The highest BCUT2D eigenvalue weighted by Crippen LogP contribution is 2.74. The van der Waals surface area contributed by atoms with Crippen LogP contribution in [-0.2, 0) is 0 Å². The van der Waals surface area contributed by atoms with Gasteiger partial charge in [0.2, 0.25) is 0 Å². The van der Waals surface area contributed by atoms with Gasteiger partial charge in [0, 0.05) is 107 Å². The summed E-state index contributed by atoms with van der Waals surface area (Å²) >= 11 is 0. The normalized spacial score (nSPS) is 28.2. The van der Waals surface area contributed by atoms with E-state index in [0.29, 0.717) is 16.6 Å². The average molecular weight is 1060 g/mol. The lowest BCUT2D eigenvalue weighted by Crippen LogP contribution is -2.49. The summed E-state index contributed by atoms with van der Waals surface area (Å²) < 4.78 is 0. The monoisotopic (exact) mass is 1060 g/mol. The van der Waals surface area contributed by atoms with Crippen LogP contribution in [0, 0.1) is 103 Å². The van der Waals surface area contributed by atoms with Crippen molar-refractivity contribution in [2.45, 2.75) is 130 Å². The van der Waals surface area contributed by atoms with E-state index in [0.717, 1.165) is 109 Å². The smallest absolute Gasteiger partial charge is 0.146 e. The molecule has 0 aromatic heterocycles. The number of allylic oxidation sites excluding steroid dienone is 18. The van der Waals surface area contributed by atoms with Crippen LogP contribution in [0.2, 0.25) is 16.6 Å². The number of hydrogen-bond acceptors (Lipinski definition) is 2. The van der Waals surface area contributed by atoms with E-state index in [-0.39, 0.29) is 32.5 Å². The molecule has 0 spiro atoms. The minimum Gasteiger partial charge on any atom is -0.279 e. The third kappa shape index (κ3) is 7.93. The van der Waals surface area contributed by atoms with Crippen molar-refractivity contribution in [3.05, 3.63) is 207 Å². The van der Waals surface area contributed by atoms with Gasteiger partial charge >= 0.3 is 0 Å². The molecule has 3 nitrogen and oxygen atoms in total. The molecule has 3 fully saturated rings. The van der Waals surface area contributed by atoms with Gasteiger partial charge in [-0.2, -0.15) is 0 Å². The molecule has 3 aromatic carbocycles. The van der Waals surface area contributed by atoms with Gasteiger partial charge in [0.25, 0.3) is 0 Å². The van der Waals surface area contributed by atoms with Gasteiger partial charge in [0.05, 0.1) is 5.69 Å². The number of nitrogens with zero attached hydrogens (tertiary/aromatic N) is 3. The summed E-state index contributed by atoms with van der Waals surface area (Å²) in [7, 11) is -1.92. The maximum Gasteiger partial charge on any atom is 0.146 e. The molecule has 0 N–H and O–H groups in total. The van der Waals surface area contributed by atoms with E-state index in [1.165, 1.54) is 28.7 Å². The Morgan fingerprint density at radius 3 is 0.875 bits per heavy atom. The fourth-order valence-electron chi connectivity index (χ4n) is 16.4. The van der Waals surface area contributed by atoms with E-state index < -0.39 is 8.07 Å². The molecule has 0 aliphatic heterocycles. The van der Waals surface area contributed by atoms with Crippen LogP contribution in [0.25, 0.3) is 0 Å². The van der Waals surface area contributed by atoms with Crippen molar-refractivity contribution in [3.8, 4) is 70.7 Å². The van der Waals surface area contributed by atoms with Crippen LogP contribution in [0.1, 0.15) is 141 Å². The largest absolute Gasteiger partial charge is 0.279 e. The molecule has 9 aliphatic carbocycles. The van der Waals surface area contributed by atoms with Crippen molar-refractivity contribution in [1.29, 1.82) is 0 Å². The lowest BCUT2D eigenvalue weighted by Gasteiger charge is -2.54. The maximum absolute atomic E-state index is 4.42. The Morgan fingerprint density at radius 1 is 0.375 bits per heavy atom. The minimum atomic E-state index is -1.92. The minimum absolute atomic E-state index is 0.0108.